The summed E-state index contributed by atoms with van der Waals surface area (Å²) in [6.07, 6.45) is 1.98. The summed E-state index contributed by atoms with van der Waals surface area (Å²) in [6, 6.07) is 20.5. The van der Waals surface area contributed by atoms with E-state index >= 15 is 0 Å². The molecule has 0 spiro atoms. The van der Waals surface area contributed by atoms with E-state index in [1.807, 2.05) is 68.0 Å². The first-order chi connectivity index (χ1) is 13.5. The van der Waals surface area contributed by atoms with E-state index in [2.05, 4.69) is 29.4 Å². The Labute approximate surface area is 165 Å². The summed E-state index contributed by atoms with van der Waals surface area (Å²) >= 11 is 0. The molecule has 2 heterocycles. The normalized spacial score (nSPS) is 18.2. The first kappa shape index (κ1) is 18.6. The molecule has 144 valence electrons. The minimum absolute atomic E-state index is 0.00570. The van der Waals surface area contributed by atoms with Crippen LogP contribution in [0.5, 0.6) is 0 Å². The first-order valence-corrected chi connectivity index (χ1v) is 9.55. The zero-order chi connectivity index (χ0) is 19.6. The van der Waals surface area contributed by atoms with Gasteiger partial charge in [0, 0.05) is 11.1 Å². The van der Waals surface area contributed by atoms with E-state index < -0.39 is 5.79 Å². The van der Waals surface area contributed by atoms with Gasteiger partial charge in [-0.1, -0.05) is 60.7 Å². The standard InChI is InChI=1S/C23H25N3O2/c1-17-21(15-26(25-17)14-20-16-27-23(2,3)28-20)24-22(18-10-6-4-7-11-18)19-12-8-5-9-13-19/h4-13,15,20H,14,16H2,1-3H3/t20-/m1/s1. The molecular formula is C23H25N3O2. The van der Waals surface area contributed by atoms with Gasteiger partial charge in [-0.05, 0) is 20.8 Å². The van der Waals surface area contributed by atoms with E-state index in [0.717, 1.165) is 28.2 Å². The number of aryl methyl sites for hydroxylation is 1. The number of ether oxygens (including phenoxy) is 2. The fourth-order valence-corrected chi connectivity index (χ4v) is 3.38. The van der Waals surface area contributed by atoms with Gasteiger partial charge in [-0.15, -0.1) is 0 Å². The summed E-state index contributed by atoms with van der Waals surface area (Å²) in [7, 11) is 0. The van der Waals surface area contributed by atoms with Gasteiger partial charge in [-0.25, -0.2) is 4.99 Å². The predicted octanol–water partition coefficient (Wildman–Crippen LogP) is 4.51. The van der Waals surface area contributed by atoms with E-state index in [9.17, 15) is 0 Å². The van der Waals surface area contributed by atoms with Crippen LogP contribution in [0.2, 0.25) is 0 Å². The topological polar surface area (TPSA) is 48.6 Å². The smallest absolute Gasteiger partial charge is 0.163 e. The summed E-state index contributed by atoms with van der Waals surface area (Å²) < 4.78 is 13.5. The Hall–Kier alpha value is -2.76. The van der Waals surface area contributed by atoms with Gasteiger partial charge in [0.05, 0.1) is 30.8 Å². The molecule has 5 nitrogen and oxygen atoms in total. The molecule has 4 rings (SSSR count). The molecule has 0 saturated carbocycles. The molecule has 5 heteroatoms. The molecule has 0 amide bonds. The lowest BCUT2D eigenvalue weighted by Crippen LogP contribution is -2.24. The first-order valence-electron chi connectivity index (χ1n) is 9.55. The lowest BCUT2D eigenvalue weighted by atomic mass is 10.0. The van der Waals surface area contributed by atoms with Crippen LogP contribution in [-0.4, -0.2) is 34.0 Å². The molecule has 0 radical (unpaired) electrons. The van der Waals surface area contributed by atoms with E-state index in [1.54, 1.807) is 0 Å². The molecule has 0 N–H and O–H groups in total. The summed E-state index contributed by atoms with van der Waals surface area (Å²) in [5.41, 5.74) is 4.85. The minimum Gasteiger partial charge on any atom is -0.348 e. The van der Waals surface area contributed by atoms with Crippen LogP contribution in [-0.2, 0) is 16.0 Å². The average Bonchev–Trinajstić information content (AvgIpc) is 3.22. The van der Waals surface area contributed by atoms with Gasteiger partial charge in [0.1, 0.15) is 11.8 Å². The quantitative estimate of drug-likeness (QED) is 0.617. The second-order valence-electron chi connectivity index (χ2n) is 7.46. The van der Waals surface area contributed by atoms with Crippen molar-refractivity contribution in [3.8, 4) is 0 Å². The number of hydrogen-bond donors (Lipinski definition) is 0. The van der Waals surface area contributed by atoms with E-state index in [4.69, 9.17) is 14.5 Å². The highest BCUT2D eigenvalue weighted by molar-refractivity contribution is 6.13. The van der Waals surface area contributed by atoms with Gasteiger partial charge in [-0.2, -0.15) is 5.10 Å². The Kier molecular flexibility index (Phi) is 5.11. The molecular weight excluding hydrogens is 350 g/mol. The lowest BCUT2D eigenvalue weighted by molar-refractivity contribution is -0.139. The molecule has 0 unspecified atom stereocenters. The number of nitrogens with zero attached hydrogens (tertiary/aromatic N) is 3. The molecule has 0 aliphatic carbocycles. The van der Waals surface area contributed by atoms with Crippen LogP contribution in [0.3, 0.4) is 0 Å². The van der Waals surface area contributed by atoms with Crippen LogP contribution >= 0.6 is 0 Å². The van der Waals surface area contributed by atoms with Crippen molar-refractivity contribution < 1.29 is 9.47 Å². The summed E-state index contributed by atoms with van der Waals surface area (Å²) in [6.45, 7) is 7.07. The monoisotopic (exact) mass is 375 g/mol. The maximum atomic E-state index is 5.90. The number of aromatic nitrogens is 2. The highest BCUT2D eigenvalue weighted by Gasteiger charge is 2.33. The zero-order valence-electron chi connectivity index (χ0n) is 16.5. The van der Waals surface area contributed by atoms with Crippen molar-refractivity contribution in [2.24, 2.45) is 4.99 Å². The molecule has 1 atom stereocenters. The fraction of sp³-hybridized carbons (Fsp3) is 0.304. The molecule has 1 aliphatic rings. The number of hydrogen-bond acceptors (Lipinski definition) is 4. The number of rotatable bonds is 5. The number of benzene rings is 2. The Bertz CT molecular complexity index is 921. The molecule has 28 heavy (non-hydrogen) atoms. The van der Waals surface area contributed by atoms with E-state index in [1.165, 1.54) is 0 Å². The predicted molar refractivity (Wildman–Crippen MR) is 110 cm³/mol. The second kappa shape index (κ2) is 7.70. The third-order valence-corrected chi connectivity index (χ3v) is 4.71. The minimum atomic E-state index is -0.526. The molecule has 0 bridgehead atoms. The highest BCUT2D eigenvalue weighted by atomic mass is 16.7. The average molecular weight is 375 g/mol. The van der Waals surface area contributed by atoms with Gasteiger partial charge in [0.15, 0.2) is 5.79 Å². The SMILES string of the molecule is Cc1nn(C[C@@H]2COC(C)(C)O2)cc1N=C(c1ccccc1)c1ccccc1. The molecule has 1 aliphatic heterocycles. The Morgan fingerprint density at radius 3 is 2.21 bits per heavy atom. The summed E-state index contributed by atoms with van der Waals surface area (Å²) in [5.74, 6) is -0.526. The molecule has 3 aromatic rings. The van der Waals surface area contributed by atoms with Crippen molar-refractivity contribution in [1.29, 1.82) is 0 Å². The third-order valence-electron chi connectivity index (χ3n) is 4.71. The van der Waals surface area contributed by atoms with Crippen molar-refractivity contribution >= 4 is 11.4 Å². The second-order valence-corrected chi connectivity index (χ2v) is 7.46. The maximum absolute atomic E-state index is 5.90. The lowest BCUT2D eigenvalue weighted by Gasteiger charge is -2.16. The largest absolute Gasteiger partial charge is 0.348 e. The third kappa shape index (κ3) is 4.21. The zero-order valence-corrected chi connectivity index (χ0v) is 16.5. The Morgan fingerprint density at radius 2 is 1.68 bits per heavy atom. The van der Waals surface area contributed by atoms with Crippen LogP contribution in [0.4, 0.5) is 5.69 Å². The van der Waals surface area contributed by atoms with Gasteiger partial charge >= 0.3 is 0 Å². The maximum Gasteiger partial charge on any atom is 0.163 e. The van der Waals surface area contributed by atoms with Gasteiger partial charge in [0.2, 0.25) is 0 Å². The van der Waals surface area contributed by atoms with Crippen LogP contribution in [0.15, 0.2) is 71.9 Å². The molecule has 1 aromatic heterocycles. The molecule has 1 saturated heterocycles. The van der Waals surface area contributed by atoms with Gasteiger partial charge < -0.3 is 9.47 Å². The highest BCUT2D eigenvalue weighted by Crippen LogP contribution is 2.25. The van der Waals surface area contributed by atoms with Gasteiger partial charge in [-0.3, -0.25) is 4.68 Å². The van der Waals surface area contributed by atoms with Crippen molar-refractivity contribution in [2.75, 3.05) is 6.61 Å². The molecule has 2 aromatic carbocycles. The van der Waals surface area contributed by atoms with Crippen LogP contribution in [0.1, 0.15) is 30.7 Å². The van der Waals surface area contributed by atoms with Crippen molar-refractivity contribution in [3.05, 3.63) is 83.7 Å². The van der Waals surface area contributed by atoms with Crippen LogP contribution in [0, 0.1) is 6.92 Å². The van der Waals surface area contributed by atoms with E-state index in [-0.39, 0.29) is 6.10 Å². The Balaban J connectivity index is 1.65. The summed E-state index contributed by atoms with van der Waals surface area (Å²) in [4.78, 5) is 4.98. The van der Waals surface area contributed by atoms with Gasteiger partial charge in [0.25, 0.3) is 0 Å². The fourth-order valence-electron chi connectivity index (χ4n) is 3.38. The van der Waals surface area contributed by atoms with Crippen molar-refractivity contribution in [1.82, 2.24) is 9.78 Å². The molecule has 1 fully saturated rings. The van der Waals surface area contributed by atoms with Crippen molar-refractivity contribution in [2.45, 2.75) is 39.2 Å². The summed E-state index contributed by atoms with van der Waals surface area (Å²) in [5, 5.41) is 4.64. The Morgan fingerprint density at radius 1 is 1.07 bits per heavy atom. The van der Waals surface area contributed by atoms with Crippen LogP contribution in [0.25, 0.3) is 0 Å². The van der Waals surface area contributed by atoms with Crippen LogP contribution < -0.4 is 0 Å². The number of aliphatic imine (C=N–C) groups is 1. The van der Waals surface area contributed by atoms with E-state index in [0.29, 0.717) is 13.2 Å². The van der Waals surface area contributed by atoms with Crippen molar-refractivity contribution in [3.63, 3.8) is 0 Å².